The van der Waals surface area contributed by atoms with Crippen molar-refractivity contribution < 1.29 is 5.11 Å². The van der Waals surface area contributed by atoms with Crippen LogP contribution in [-0.4, -0.2) is 48.8 Å². The van der Waals surface area contributed by atoms with Gasteiger partial charge in [0.1, 0.15) is 0 Å². The summed E-state index contributed by atoms with van der Waals surface area (Å²) in [4.78, 5) is 2.33. The van der Waals surface area contributed by atoms with Crippen LogP contribution >= 0.6 is 0 Å². The lowest BCUT2D eigenvalue weighted by molar-refractivity contribution is 0.0447. The highest BCUT2D eigenvalue weighted by atomic mass is 16.3. The van der Waals surface area contributed by atoms with Gasteiger partial charge in [0.25, 0.3) is 0 Å². The number of likely N-dealkylation sites (tertiary alicyclic amines) is 1. The van der Waals surface area contributed by atoms with E-state index in [1.165, 1.54) is 6.42 Å². The van der Waals surface area contributed by atoms with Crippen molar-refractivity contribution in [1.29, 1.82) is 0 Å². The lowest BCUT2D eigenvalue weighted by Gasteiger charge is -2.38. The van der Waals surface area contributed by atoms with E-state index in [0.29, 0.717) is 12.0 Å². The molecule has 0 aromatic heterocycles. The van der Waals surface area contributed by atoms with Crippen molar-refractivity contribution >= 4 is 0 Å². The fraction of sp³-hybridized carbons (Fsp3) is 1.00. The summed E-state index contributed by atoms with van der Waals surface area (Å²) in [7, 11) is 2.15. The van der Waals surface area contributed by atoms with Crippen LogP contribution in [0.15, 0.2) is 0 Å². The minimum absolute atomic E-state index is 0.126. The molecule has 3 unspecified atom stereocenters. The van der Waals surface area contributed by atoms with E-state index < -0.39 is 0 Å². The van der Waals surface area contributed by atoms with Crippen LogP contribution < -0.4 is 5.32 Å². The van der Waals surface area contributed by atoms with Crippen molar-refractivity contribution in [2.45, 2.75) is 45.3 Å². The number of likely N-dealkylation sites (N-methyl/N-ethyl adjacent to an activating group) is 1. The van der Waals surface area contributed by atoms with Crippen molar-refractivity contribution in [3.05, 3.63) is 0 Å². The average Bonchev–Trinajstić information content (AvgIpc) is 2.24. The molecule has 1 saturated heterocycles. The van der Waals surface area contributed by atoms with Gasteiger partial charge in [0.2, 0.25) is 0 Å². The first kappa shape index (κ1) is 12.9. The highest BCUT2D eigenvalue weighted by Gasteiger charge is 2.28. The molecule has 0 spiro atoms. The van der Waals surface area contributed by atoms with Crippen LogP contribution in [0, 0.1) is 5.92 Å². The van der Waals surface area contributed by atoms with Crippen molar-refractivity contribution in [2.24, 2.45) is 5.92 Å². The third-order valence-corrected chi connectivity index (χ3v) is 3.31. The number of nitrogens with zero attached hydrogens (tertiary/aromatic N) is 1. The standard InChI is InChI=1S/C12H26N2O/c1-4-6-13-11-7-10(12(15)5-2)8-14(3)9-11/h10-13,15H,4-9H2,1-3H3. The number of aliphatic hydroxyl groups is 1. The molecule has 3 nitrogen and oxygen atoms in total. The molecule has 1 rings (SSSR count). The molecule has 0 saturated carbocycles. The summed E-state index contributed by atoms with van der Waals surface area (Å²) in [6.07, 6.45) is 3.05. The molecular weight excluding hydrogens is 188 g/mol. The molecule has 0 bridgehead atoms. The zero-order valence-electron chi connectivity index (χ0n) is 10.4. The largest absolute Gasteiger partial charge is 0.393 e. The van der Waals surface area contributed by atoms with Crippen LogP contribution in [0.1, 0.15) is 33.1 Å². The van der Waals surface area contributed by atoms with E-state index in [-0.39, 0.29) is 6.10 Å². The molecule has 2 N–H and O–H groups in total. The maximum Gasteiger partial charge on any atom is 0.0578 e. The number of aliphatic hydroxyl groups excluding tert-OH is 1. The van der Waals surface area contributed by atoms with Crippen LogP contribution in [0.3, 0.4) is 0 Å². The zero-order chi connectivity index (χ0) is 11.3. The molecule has 1 heterocycles. The molecule has 3 atom stereocenters. The predicted octanol–water partition coefficient (Wildman–Crippen LogP) is 1.08. The Balaban J connectivity index is 2.40. The van der Waals surface area contributed by atoms with Gasteiger partial charge in [-0.25, -0.2) is 0 Å². The summed E-state index contributed by atoms with van der Waals surface area (Å²) in [5.41, 5.74) is 0. The quantitative estimate of drug-likeness (QED) is 0.719. The van der Waals surface area contributed by atoms with E-state index in [1.54, 1.807) is 0 Å². The number of hydrogen-bond acceptors (Lipinski definition) is 3. The molecule has 0 aromatic carbocycles. The van der Waals surface area contributed by atoms with Crippen LogP contribution in [0.2, 0.25) is 0 Å². The summed E-state index contributed by atoms with van der Waals surface area (Å²) in [5.74, 6) is 0.447. The predicted molar refractivity (Wildman–Crippen MR) is 64.0 cm³/mol. The van der Waals surface area contributed by atoms with Gasteiger partial charge in [-0.15, -0.1) is 0 Å². The maximum atomic E-state index is 9.89. The van der Waals surface area contributed by atoms with Gasteiger partial charge in [-0.2, -0.15) is 0 Å². The lowest BCUT2D eigenvalue weighted by atomic mass is 9.88. The fourth-order valence-corrected chi connectivity index (χ4v) is 2.47. The Morgan fingerprint density at radius 3 is 2.73 bits per heavy atom. The number of nitrogens with one attached hydrogen (secondary N) is 1. The van der Waals surface area contributed by atoms with Crippen molar-refractivity contribution in [3.8, 4) is 0 Å². The summed E-state index contributed by atoms with van der Waals surface area (Å²) < 4.78 is 0. The van der Waals surface area contributed by atoms with Crippen molar-refractivity contribution in [3.63, 3.8) is 0 Å². The highest BCUT2D eigenvalue weighted by Crippen LogP contribution is 2.20. The van der Waals surface area contributed by atoms with Crippen LogP contribution in [0.4, 0.5) is 0 Å². The van der Waals surface area contributed by atoms with Gasteiger partial charge in [0.05, 0.1) is 6.10 Å². The highest BCUT2D eigenvalue weighted by molar-refractivity contribution is 4.84. The Kier molecular flexibility index (Phi) is 5.58. The minimum Gasteiger partial charge on any atom is -0.393 e. The normalized spacial score (nSPS) is 30.4. The SMILES string of the molecule is CCCNC1CC(C(O)CC)CN(C)C1. The second-order valence-corrected chi connectivity index (χ2v) is 4.84. The Morgan fingerprint density at radius 2 is 2.13 bits per heavy atom. The minimum atomic E-state index is -0.126. The van der Waals surface area contributed by atoms with Gasteiger partial charge in [-0.1, -0.05) is 13.8 Å². The molecule has 0 amide bonds. The third-order valence-electron chi connectivity index (χ3n) is 3.31. The smallest absolute Gasteiger partial charge is 0.0578 e. The van der Waals surface area contributed by atoms with Gasteiger partial charge in [-0.3, -0.25) is 0 Å². The van der Waals surface area contributed by atoms with Crippen LogP contribution in [0.25, 0.3) is 0 Å². The second-order valence-electron chi connectivity index (χ2n) is 4.84. The second kappa shape index (κ2) is 6.46. The molecule has 3 heteroatoms. The summed E-state index contributed by atoms with van der Waals surface area (Å²) in [5, 5.41) is 13.4. The molecule has 0 radical (unpaired) electrons. The first-order valence-electron chi connectivity index (χ1n) is 6.27. The molecule has 0 aliphatic carbocycles. The van der Waals surface area contributed by atoms with Gasteiger partial charge < -0.3 is 15.3 Å². The van der Waals surface area contributed by atoms with E-state index in [9.17, 15) is 5.11 Å². The van der Waals surface area contributed by atoms with Gasteiger partial charge in [0.15, 0.2) is 0 Å². The summed E-state index contributed by atoms with van der Waals surface area (Å²) in [6, 6.07) is 0.565. The number of rotatable bonds is 5. The average molecular weight is 214 g/mol. The van der Waals surface area contributed by atoms with Gasteiger partial charge >= 0.3 is 0 Å². The zero-order valence-corrected chi connectivity index (χ0v) is 10.4. The summed E-state index contributed by atoms with van der Waals surface area (Å²) in [6.45, 7) is 7.51. The first-order chi connectivity index (χ1) is 7.17. The van der Waals surface area contributed by atoms with Crippen molar-refractivity contribution in [2.75, 3.05) is 26.7 Å². The third kappa shape index (κ3) is 4.09. The lowest BCUT2D eigenvalue weighted by Crippen LogP contribution is -2.50. The molecule has 1 aliphatic heterocycles. The molecular formula is C12H26N2O. The van der Waals surface area contributed by atoms with E-state index in [0.717, 1.165) is 32.5 Å². The topological polar surface area (TPSA) is 35.5 Å². The molecule has 15 heavy (non-hydrogen) atoms. The van der Waals surface area contributed by atoms with E-state index in [4.69, 9.17) is 0 Å². The van der Waals surface area contributed by atoms with Crippen molar-refractivity contribution in [1.82, 2.24) is 10.2 Å². The Labute approximate surface area is 93.9 Å². The monoisotopic (exact) mass is 214 g/mol. The molecule has 1 fully saturated rings. The van der Waals surface area contributed by atoms with Gasteiger partial charge in [0, 0.05) is 19.1 Å². The van der Waals surface area contributed by atoms with Crippen LogP contribution in [0.5, 0.6) is 0 Å². The fourth-order valence-electron chi connectivity index (χ4n) is 2.47. The van der Waals surface area contributed by atoms with E-state index in [2.05, 4.69) is 31.1 Å². The Morgan fingerprint density at radius 1 is 1.40 bits per heavy atom. The van der Waals surface area contributed by atoms with Gasteiger partial charge in [-0.05, 0) is 38.8 Å². The number of piperidine rings is 1. The first-order valence-corrected chi connectivity index (χ1v) is 6.27. The molecule has 1 aliphatic rings. The van der Waals surface area contributed by atoms with E-state index >= 15 is 0 Å². The Bertz CT molecular complexity index is 175. The van der Waals surface area contributed by atoms with E-state index in [1.807, 2.05) is 0 Å². The van der Waals surface area contributed by atoms with Crippen LogP contribution in [-0.2, 0) is 0 Å². The molecule has 0 aromatic rings. The Hall–Kier alpha value is -0.120. The molecule has 90 valence electrons. The maximum absolute atomic E-state index is 9.89. The summed E-state index contributed by atoms with van der Waals surface area (Å²) >= 11 is 0. The number of hydrogen-bond donors (Lipinski definition) is 2.